The topological polar surface area (TPSA) is 0 Å². The van der Waals surface area contributed by atoms with Crippen molar-refractivity contribution in [1.29, 1.82) is 0 Å². The van der Waals surface area contributed by atoms with Gasteiger partial charge in [-0.15, -0.1) is 0 Å². The van der Waals surface area contributed by atoms with Crippen LogP contribution in [-0.2, 0) is 0 Å². The molecular formula is C6F16P+. The molecular weight excluding hydrogens is 407 g/mol. The molecule has 0 unspecified atom stereocenters. The summed E-state index contributed by atoms with van der Waals surface area (Å²) in [5, 5.41) is 0. The van der Waals surface area contributed by atoms with E-state index in [4.69, 9.17) is 0 Å². The van der Waals surface area contributed by atoms with Gasteiger partial charge in [0.25, 0.3) is 0 Å². The molecule has 0 saturated heterocycles. The molecule has 0 radical (unpaired) electrons. The van der Waals surface area contributed by atoms with Gasteiger partial charge in [-0.2, -0.15) is 65.9 Å². The lowest BCUT2D eigenvalue weighted by molar-refractivity contribution is -0.291. The van der Waals surface area contributed by atoms with Crippen LogP contribution in [0.15, 0.2) is 0 Å². The van der Waals surface area contributed by atoms with Crippen LogP contribution in [-0.4, -0.2) is 35.5 Å². The summed E-state index contributed by atoms with van der Waals surface area (Å²) in [5.74, 6) is 0. The normalized spacial score (nSPS) is 16.7. The average Bonchev–Trinajstić information content (AvgIpc) is 2.22. The standard InChI is InChI=1S/C6F16P/c7-1(8,9)4(16,17)23(22,5(18,19)2(10,11)12)6(20,21)3(13,14)15/q+1. The van der Waals surface area contributed by atoms with Crippen molar-refractivity contribution in [3.8, 4) is 0 Å². The van der Waals surface area contributed by atoms with Crippen LogP contribution in [0.4, 0.5) is 70.1 Å². The Kier molecular flexibility index (Phi) is 5.00. The summed E-state index contributed by atoms with van der Waals surface area (Å²) in [6.07, 6.45) is -23.7. The number of alkyl halides is 15. The van der Waals surface area contributed by atoms with Crippen LogP contribution in [0.2, 0.25) is 0 Å². The maximum Gasteiger partial charge on any atom is 0.497 e. The highest BCUT2D eigenvalue weighted by Crippen LogP contribution is 2.93. The summed E-state index contributed by atoms with van der Waals surface area (Å²) in [6.45, 7) is 0. The molecule has 0 aliphatic carbocycles. The van der Waals surface area contributed by atoms with Gasteiger partial charge in [-0.05, 0) is 4.20 Å². The molecule has 0 aromatic rings. The van der Waals surface area contributed by atoms with Crippen molar-refractivity contribution in [1.82, 2.24) is 0 Å². The largest absolute Gasteiger partial charge is 0.497 e. The van der Waals surface area contributed by atoms with Gasteiger partial charge in [0.1, 0.15) is 0 Å². The molecule has 17 heteroatoms. The lowest BCUT2D eigenvalue weighted by Gasteiger charge is -2.35. The summed E-state index contributed by atoms with van der Waals surface area (Å²) in [4.78, 5) is 0. The summed E-state index contributed by atoms with van der Waals surface area (Å²) in [6, 6.07) is 0. The van der Waals surface area contributed by atoms with E-state index >= 15 is 0 Å². The third-order valence-corrected chi connectivity index (χ3v) is 5.27. The first-order valence-corrected chi connectivity index (χ1v) is 6.10. The van der Waals surface area contributed by atoms with Crippen molar-refractivity contribution in [3.63, 3.8) is 0 Å². The first kappa shape index (κ1) is 22.3. The summed E-state index contributed by atoms with van der Waals surface area (Å²) in [7, 11) is -10.3. The van der Waals surface area contributed by atoms with Crippen molar-refractivity contribution < 1.29 is 70.1 Å². The van der Waals surface area contributed by atoms with Crippen molar-refractivity contribution >= 4 is 7.57 Å². The van der Waals surface area contributed by atoms with E-state index in [1.807, 2.05) is 0 Å². The molecule has 0 spiro atoms. The van der Waals surface area contributed by atoms with E-state index in [-0.39, 0.29) is 0 Å². The molecule has 0 nitrogen and oxygen atoms in total. The Balaban J connectivity index is 6.97. The van der Waals surface area contributed by atoms with Crippen molar-refractivity contribution in [3.05, 3.63) is 0 Å². The molecule has 0 heterocycles. The zero-order chi connectivity index (χ0) is 19.5. The van der Waals surface area contributed by atoms with Gasteiger partial charge in [0, 0.05) is 0 Å². The smallest absolute Gasteiger partial charge is 0.161 e. The van der Waals surface area contributed by atoms with Gasteiger partial charge in [0.2, 0.25) is 0 Å². The van der Waals surface area contributed by atoms with E-state index < -0.39 is 43.1 Å². The fourth-order valence-corrected chi connectivity index (χ4v) is 3.16. The molecule has 0 rings (SSSR count). The van der Waals surface area contributed by atoms with Crippen LogP contribution in [0.1, 0.15) is 0 Å². The zero-order valence-electron chi connectivity index (χ0n) is 9.49. The van der Waals surface area contributed by atoms with Crippen molar-refractivity contribution in [2.75, 3.05) is 0 Å². The second kappa shape index (κ2) is 5.15. The van der Waals surface area contributed by atoms with Crippen LogP contribution in [0, 0.1) is 0 Å². The number of halogens is 16. The van der Waals surface area contributed by atoms with Gasteiger partial charge < -0.3 is 0 Å². The highest BCUT2D eigenvalue weighted by atomic mass is 31.2. The van der Waals surface area contributed by atoms with Gasteiger partial charge in [0.05, 0.1) is 0 Å². The third kappa shape index (κ3) is 2.80. The maximum absolute atomic E-state index is 13.3. The number of hydrogen-bond acceptors (Lipinski definition) is 0. The fraction of sp³-hybridized carbons (Fsp3) is 1.00. The van der Waals surface area contributed by atoms with Gasteiger partial charge in [-0.25, -0.2) is 0 Å². The molecule has 0 fully saturated rings. The molecule has 0 aliphatic rings. The van der Waals surface area contributed by atoms with Crippen LogP contribution in [0.25, 0.3) is 0 Å². The first-order chi connectivity index (χ1) is 9.50. The Labute approximate surface area is 114 Å². The fourth-order valence-electron chi connectivity index (χ4n) is 1.05. The quantitative estimate of drug-likeness (QED) is 0.378. The Bertz CT molecular complexity index is 370. The molecule has 0 aromatic heterocycles. The Morgan fingerprint density at radius 3 is 0.565 bits per heavy atom. The van der Waals surface area contributed by atoms with Gasteiger partial charge >= 0.3 is 43.1 Å². The molecule has 0 aliphatic heterocycles. The first-order valence-electron chi connectivity index (χ1n) is 4.42. The number of hydrogen-bond donors (Lipinski definition) is 0. The van der Waals surface area contributed by atoms with E-state index in [1.165, 1.54) is 0 Å². The van der Waals surface area contributed by atoms with Crippen LogP contribution in [0.3, 0.4) is 0 Å². The lowest BCUT2D eigenvalue weighted by atomic mass is 10.6. The van der Waals surface area contributed by atoms with Crippen LogP contribution in [0.5, 0.6) is 0 Å². The van der Waals surface area contributed by atoms with Gasteiger partial charge in [0.15, 0.2) is 0 Å². The SMILES string of the molecule is FC(F)(F)C(F)(F)[P+](F)(C(F)(F)C(F)(F)F)C(F)(F)C(F)(F)F. The van der Waals surface area contributed by atoms with E-state index in [2.05, 4.69) is 0 Å². The van der Waals surface area contributed by atoms with E-state index in [9.17, 15) is 70.1 Å². The van der Waals surface area contributed by atoms with Gasteiger partial charge in [-0.3, -0.25) is 0 Å². The molecule has 140 valence electrons. The third-order valence-electron chi connectivity index (χ3n) is 2.18. The summed E-state index contributed by atoms with van der Waals surface area (Å²) < 4.78 is 195. The summed E-state index contributed by atoms with van der Waals surface area (Å²) >= 11 is 0. The molecule has 0 amide bonds. The predicted octanol–water partition coefficient (Wildman–Crippen LogP) is 6.35. The minimum atomic E-state index is -10.3. The minimum absolute atomic E-state index is 7.89. The summed E-state index contributed by atoms with van der Waals surface area (Å²) in [5.41, 5.74) is -25.0. The van der Waals surface area contributed by atoms with Crippen molar-refractivity contribution in [2.45, 2.75) is 35.5 Å². The lowest BCUT2D eigenvalue weighted by Crippen LogP contribution is -2.57. The van der Waals surface area contributed by atoms with Crippen LogP contribution >= 0.6 is 7.57 Å². The van der Waals surface area contributed by atoms with Crippen LogP contribution < -0.4 is 0 Å². The molecule has 23 heavy (non-hydrogen) atoms. The maximum atomic E-state index is 13.3. The van der Waals surface area contributed by atoms with E-state index in [1.54, 1.807) is 0 Å². The highest BCUT2D eigenvalue weighted by molar-refractivity contribution is 7.74. The van der Waals surface area contributed by atoms with E-state index in [0.29, 0.717) is 0 Å². The molecule has 0 bridgehead atoms. The zero-order valence-corrected chi connectivity index (χ0v) is 10.4. The Morgan fingerprint density at radius 2 is 0.478 bits per heavy atom. The Hall–Kier alpha value is -0.690. The second-order valence-electron chi connectivity index (χ2n) is 3.71. The van der Waals surface area contributed by atoms with Gasteiger partial charge in [-0.1, -0.05) is 0 Å². The molecule has 0 N–H and O–H groups in total. The predicted molar refractivity (Wildman–Crippen MR) is 41.0 cm³/mol. The Morgan fingerprint density at radius 1 is 0.348 bits per heavy atom. The van der Waals surface area contributed by atoms with Crippen molar-refractivity contribution in [2.24, 2.45) is 0 Å². The second-order valence-corrected chi connectivity index (χ2v) is 6.57. The molecule has 0 saturated carbocycles. The average molecular weight is 407 g/mol. The molecule has 0 aromatic carbocycles. The highest BCUT2D eigenvalue weighted by Gasteiger charge is 3.06. The minimum Gasteiger partial charge on any atom is -0.161 e. The number of rotatable bonds is 3. The monoisotopic (exact) mass is 407 g/mol. The molecule has 0 atom stereocenters. The van der Waals surface area contributed by atoms with E-state index in [0.717, 1.165) is 0 Å².